The molecule has 0 saturated carbocycles. The van der Waals surface area contributed by atoms with Gasteiger partial charge in [0.2, 0.25) is 0 Å². The zero-order valence-electron chi connectivity index (χ0n) is 11.8. The molecule has 2 rings (SSSR count). The highest BCUT2D eigenvalue weighted by molar-refractivity contribution is 5.31. The zero-order valence-corrected chi connectivity index (χ0v) is 11.8. The molecular weight excluding hydrogens is 240 g/mol. The standard InChI is InChI=1S/C15H24N2O2/c1-12-9-13(10-16)11-17(12)7-8-19-15-5-3-14(18-2)4-6-15/h3-6,12-13H,7-11,16H2,1-2H3. The van der Waals surface area contributed by atoms with E-state index in [9.17, 15) is 0 Å². The molecule has 2 atom stereocenters. The van der Waals surface area contributed by atoms with Gasteiger partial charge in [-0.25, -0.2) is 0 Å². The second-order valence-electron chi connectivity index (χ2n) is 5.21. The van der Waals surface area contributed by atoms with Gasteiger partial charge in [0.15, 0.2) is 0 Å². The minimum atomic E-state index is 0.619. The normalized spacial score (nSPS) is 23.5. The molecule has 0 radical (unpaired) electrons. The Morgan fingerprint density at radius 1 is 1.26 bits per heavy atom. The number of nitrogens with zero attached hydrogens (tertiary/aromatic N) is 1. The van der Waals surface area contributed by atoms with Gasteiger partial charge in [-0.15, -0.1) is 0 Å². The Bertz CT molecular complexity index is 380. The van der Waals surface area contributed by atoms with E-state index in [-0.39, 0.29) is 0 Å². The fourth-order valence-electron chi connectivity index (χ4n) is 2.65. The average molecular weight is 264 g/mol. The molecule has 0 aliphatic carbocycles. The van der Waals surface area contributed by atoms with E-state index in [0.29, 0.717) is 18.6 Å². The van der Waals surface area contributed by atoms with Crippen molar-refractivity contribution in [3.8, 4) is 11.5 Å². The van der Waals surface area contributed by atoms with Crippen LogP contribution in [0.25, 0.3) is 0 Å². The van der Waals surface area contributed by atoms with Crippen LogP contribution in [0.4, 0.5) is 0 Å². The Kier molecular flexibility index (Phi) is 5.05. The molecule has 0 bridgehead atoms. The van der Waals surface area contributed by atoms with Crippen LogP contribution in [-0.2, 0) is 0 Å². The van der Waals surface area contributed by atoms with Crippen molar-refractivity contribution in [2.45, 2.75) is 19.4 Å². The highest BCUT2D eigenvalue weighted by atomic mass is 16.5. The number of nitrogens with two attached hydrogens (primary N) is 1. The van der Waals surface area contributed by atoms with E-state index < -0.39 is 0 Å². The second kappa shape index (κ2) is 6.78. The van der Waals surface area contributed by atoms with Crippen LogP contribution in [0.15, 0.2) is 24.3 Å². The lowest BCUT2D eigenvalue weighted by molar-refractivity contribution is 0.202. The van der Waals surface area contributed by atoms with Crippen LogP contribution in [-0.4, -0.2) is 44.3 Å². The molecule has 19 heavy (non-hydrogen) atoms. The number of methoxy groups -OCH3 is 1. The lowest BCUT2D eigenvalue weighted by atomic mass is 10.1. The Balaban J connectivity index is 1.74. The summed E-state index contributed by atoms with van der Waals surface area (Å²) in [6, 6.07) is 8.33. The smallest absolute Gasteiger partial charge is 0.119 e. The molecule has 1 aliphatic rings. The molecule has 0 aromatic heterocycles. The fourth-order valence-corrected chi connectivity index (χ4v) is 2.65. The number of ether oxygens (including phenoxy) is 2. The minimum Gasteiger partial charge on any atom is -0.497 e. The maximum Gasteiger partial charge on any atom is 0.119 e. The summed E-state index contributed by atoms with van der Waals surface area (Å²) in [5, 5.41) is 0. The summed E-state index contributed by atoms with van der Waals surface area (Å²) in [7, 11) is 1.67. The summed E-state index contributed by atoms with van der Waals surface area (Å²) in [5.74, 6) is 2.39. The van der Waals surface area contributed by atoms with Crippen LogP contribution < -0.4 is 15.2 Å². The van der Waals surface area contributed by atoms with E-state index in [1.807, 2.05) is 24.3 Å². The summed E-state index contributed by atoms with van der Waals surface area (Å²) in [6.45, 7) is 5.84. The molecule has 1 aromatic rings. The largest absolute Gasteiger partial charge is 0.497 e. The lowest BCUT2D eigenvalue weighted by Gasteiger charge is -2.21. The fraction of sp³-hybridized carbons (Fsp3) is 0.600. The van der Waals surface area contributed by atoms with Crippen LogP contribution in [0.1, 0.15) is 13.3 Å². The summed E-state index contributed by atoms with van der Waals surface area (Å²) in [6.07, 6.45) is 1.21. The number of rotatable bonds is 6. The summed E-state index contributed by atoms with van der Waals surface area (Å²) >= 11 is 0. The van der Waals surface area contributed by atoms with Crippen molar-refractivity contribution in [2.24, 2.45) is 11.7 Å². The van der Waals surface area contributed by atoms with Gasteiger partial charge in [-0.05, 0) is 50.1 Å². The number of benzene rings is 1. The summed E-state index contributed by atoms with van der Waals surface area (Å²) in [4.78, 5) is 2.46. The molecule has 1 fully saturated rings. The van der Waals surface area contributed by atoms with E-state index in [1.165, 1.54) is 6.42 Å². The molecule has 106 valence electrons. The third kappa shape index (κ3) is 3.85. The molecule has 2 unspecified atom stereocenters. The van der Waals surface area contributed by atoms with Crippen molar-refractivity contribution in [2.75, 3.05) is 33.4 Å². The third-order valence-electron chi connectivity index (χ3n) is 3.83. The van der Waals surface area contributed by atoms with Crippen molar-refractivity contribution >= 4 is 0 Å². The van der Waals surface area contributed by atoms with Crippen molar-refractivity contribution in [3.05, 3.63) is 24.3 Å². The van der Waals surface area contributed by atoms with Crippen LogP contribution in [0.5, 0.6) is 11.5 Å². The van der Waals surface area contributed by atoms with E-state index in [2.05, 4.69) is 11.8 Å². The Morgan fingerprint density at radius 2 is 1.95 bits per heavy atom. The summed E-state index contributed by atoms with van der Waals surface area (Å²) in [5.41, 5.74) is 5.74. The highest BCUT2D eigenvalue weighted by Gasteiger charge is 2.27. The molecule has 4 heteroatoms. The van der Waals surface area contributed by atoms with E-state index in [4.69, 9.17) is 15.2 Å². The predicted octanol–water partition coefficient (Wildman–Crippen LogP) is 1.74. The van der Waals surface area contributed by atoms with Gasteiger partial charge in [0.05, 0.1) is 7.11 Å². The molecule has 2 N–H and O–H groups in total. The zero-order chi connectivity index (χ0) is 13.7. The first-order chi connectivity index (χ1) is 9.22. The predicted molar refractivity (Wildman–Crippen MR) is 76.7 cm³/mol. The molecule has 1 aromatic carbocycles. The van der Waals surface area contributed by atoms with Crippen LogP contribution in [0.2, 0.25) is 0 Å². The molecule has 1 saturated heterocycles. The van der Waals surface area contributed by atoms with Crippen LogP contribution >= 0.6 is 0 Å². The van der Waals surface area contributed by atoms with Gasteiger partial charge in [0.1, 0.15) is 18.1 Å². The van der Waals surface area contributed by atoms with Crippen LogP contribution in [0, 0.1) is 5.92 Å². The van der Waals surface area contributed by atoms with Gasteiger partial charge in [-0.3, -0.25) is 4.90 Å². The van der Waals surface area contributed by atoms with E-state index >= 15 is 0 Å². The van der Waals surface area contributed by atoms with Gasteiger partial charge in [0.25, 0.3) is 0 Å². The molecule has 0 amide bonds. The topological polar surface area (TPSA) is 47.7 Å². The van der Waals surface area contributed by atoms with Gasteiger partial charge in [-0.2, -0.15) is 0 Å². The van der Waals surface area contributed by atoms with Crippen molar-refractivity contribution < 1.29 is 9.47 Å². The lowest BCUT2D eigenvalue weighted by Crippen LogP contribution is -2.32. The highest BCUT2D eigenvalue weighted by Crippen LogP contribution is 2.22. The first-order valence-electron chi connectivity index (χ1n) is 6.94. The SMILES string of the molecule is COc1ccc(OCCN2CC(CN)CC2C)cc1. The van der Waals surface area contributed by atoms with Gasteiger partial charge >= 0.3 is 0 Å². The molecule has 1 aliphatic heterocycles. The minimum absolute atomic E-state index is 0.619. The Hall–Kier alpha value is -1.26. The molecule has 4 nitrogen and oxygen atoms in total. The molecular formula is C15H24N2O2. The van der Waals surface area contributed by atoms with Crippen molar-refractivity contribution in [3.63, 3.8) is 0 Å². The molecule has 0 spiro atoms. The maximum absolute atomic E-state index is 5.76. The Labute approximate surface area is 115 Å². The first kappa shape index (κ1) is 14.2. The quantitative estimate of drug-likeness (QED) is 0.850. The molecule has 1 heterocycles. The van der Waals surface area contributed by atoms with Crippen LogP contribution in [0.3, 0.4) is 0 Å². The number of hydrogen-bond donors (Lipinski definition) is 1. The second-order valence-corrected chi connectivity index (χ2v) is 5.21. The van der Waals surface area contributed by atoms with Gasteiger partial charge in [0, 0.05) is 19.1 Å². The van der Waals surface area contributed by atoms with Crippen molar-refractivity contribution in [1.29, 1.82) is 0 Å². The van der Waals surface area contributed by atoms with E-state index in [0.717, 1.165) is 31.1 Å². The van der Waals surface area contributed by atoms with E-state index in [1.54, 1.807) is 7.11 Å². The number of hydrogen-bond acceptors (Lipinski definition) is 4. The third-order valence-corrected chi connectivity index (χ3v) is 3.83. The first-order valence-corrected chi connectivity index (χ1v) is 6.94. The Morgan fingerprint density at radius 3 is 2.53 bits per heavy atom. The summed E-state index contributed by atoms with van der Waals surface area (Å²) < 4.78 is 10.9. The monoisotopic (exact) mass is 264 g/mol. The van der Waals surface area contributed by atoms with Gasteiger partial charge in [-0.1, -0.05) is 0 Å². The van der Waals surface area contributed by atoms with Crippen molar-refractivity contribution in [1.82, 2.24) is 4.90 Å². The maximum atomic E-state index is 5.76. The number of likely N-dealkylation sites (tertiary alicyclic amines) is 1. The average Bonchev–Trinajstić information content (AvgIpc) is 2.80. The van der Waals surface area contributed by atoms with Gasteiger partial charge < -0.3 is 15.2 Å².